The Morgan fingerprint density at radius 1 is 1.41 bits per heavy atom. The minimum absolute atomic E-state index is 0. The number of H-pyrrole nitrogens is 1. The highest BCUT2D eigenvalue weighted by molar-refractivity contribution is 5.86. The molecule has 17 heavy (non-hydrogen) atoms. The number of hydrogen-bond donors (Lipinski definition) is 3. The Morgan fingerprint density at radius 3 is 2.71 bits per heavy atom. The van der Waals surface area contributed by atoms with Gasteiger partial charge in [0.2, 0.25) is 0 Å². The molecular weight excluding hydrogens is 240 g/mol. The van der Waals surface area contributed by atoms with Gasteiger partial charge in [-0.2, -0.15) is 0 Å². The van der Waals surface area contributed by atoms with E-state index in [1.54, 1.807) is 6.07 Å². The monoisotopic (exact) mass is 258 g/mol. The van der Waals surface area contributed by atoms with Crippen molar-refractivity contribution in [2.45, 2.75) is 13.8 Å². The van der Waals surface area contributed by atoms with Gasteiger partial charge in [0, 0.05) is 23.2 Å². The number of phenols is 1. The summed E-state index contributed by atoms with van der Waals surface area (Å²) in [4.78, 5) is 3.09. The lowest BCUT2D eigenvalue weighted by Crippen LogP contribution is -2.01. The number of nitrogens with one attached hydrogen (secondary N) is 1. The van der Waals surface area contributed by atoms with Gasteiger partial charge in [-0.1, -0.05) is 7.43 Å². The van der Waals surface area contributed by atoms with Crippen LogP contribution in [0.1, 0.15) is 13.0 Å². The van der Waals surface area contributed by atoms with Crippen LogP contribution < -0.4 is 10.5 Å². The van der Waals surface area contributed by atoms with Crippen molar-refractivity contribution in [1.82, 2.24) is 4.98 Å². The predicted molar refractivity (Wildman–Crippen MR) is 73.3 cm³/mol. The zero-order valence-electron chi connectivity index (χ0n) is 8.99. The Kier molecular flexibility index (Phi) is 5.85. The summed E-state index contributed by atoms with van der Waals surface area (Å²) in [7, 11) is 1.54. The number of methoxy groups -OCH3 is 1. The molecule has 4 N–H and O–H groups in total. The Hall–Kier alpha value is -1.39. The molecule has 0 saturated heterocycles. The highest BCUT2D eigenvalue weighted by Crippen LogP contribution is 2.32. The lowest BCUT2D eigenvalue weighted by atomic mass is 10.1. The molecule has 1 aromatic heterocycles. The zero-order valence-corrected chi connectivity index (χ0v) is 9.80. The van der Waals surface area contributed by atoms with Crippen molar-refractivity contribution in [2.24, 2.45) is 5.73 Å². The summed E-state index contributed by atoms with van der Waals surface area (Å²) < 4.78 is 5.06. The maximum Gasteiger partial charge on any atom is 0.161 e. The van der Waals surface area contributed by atoms with Gasteiger partial charge in [0.1, 0.15) is 0 Å². The van der Waals surface area contributed by atoms with Crippen LogP contribution in [0.4, 0.5) is 0 Å². The maximum atomic E-state index is 9.58. The van der Waals surface area contributed by atoms with Crippen LogP contribution >= 0.6 is 12.4 Å². The topological polar surface area (TPSA) is 71.3 Å². The molecule has 96 valence electrons. The van der Waals surface area contributed by atoms with Crippen molar-refractivity contribution in [3.8, 4) is 11.5 Å². The summed E-state index contributed by atoms with van der Waals surface area (Å²) in [5.41, 5.74) is 7.56. The molecule has 0 amide bonds. The number of halogens is 1. The first-order valence-corrected chi connectivity index (χ1v) is 4.83. The predicted octanol–water partition coefficient (Wildman–Crippen LogP) is 2.44. The third-order valence-electron chi connectivity index (χ3n) is 2.48. The van der Waals surface area contributed by atoms with Crippen molar-refractivity contribution < 1.29 is 9.84 Å². The van der Waals surface area contributed by atoms with Gasteiger partial charge in [-0.05, 0) is 24.6 Å². The largest absolute Gasteiger partial charge is 0.504 e. The molecule has 0 aliphatic rings. The third-order valence-corrected chi connectivity index (χ3v) is 2.48. The van der Waals surface area contributed by atoms with Crippen LogP contribution in [0.25, 0.3) is 10.9 Å². The fraction of sp³-hybridized carbons (Fsp3) is 0.333. The molecule has 5 heteroatoms. The number of ether oxygens (including phenoxy) is 1. The molecular formula is C12H19ClN2O2. The molecule has 0 atom stereocenters. The van der Waals surface area contributed by atoms with E-state index in [9.17, 15) is 5.11 Å². The van der Waals surface area contributed by atoms with Gasteiger partial charge >= 0.3 is 0 Å². The number of aromatic nitrogens is 1. The van der Waals surface area contributed by atoms with E-state index in [-0.39, 0.29) is 25.6 Å². The van der Waals surface area contributed by atoms with E-state index in [2.05, 4.69) is 4.98 Å². The van der Waals surface area contributed by atoms with E-state index in [1.807, 2.05) is 12.3 Å². The first-order chi connectivity index (χ1) is 7.26. The van der Waals surface area contributed by atoms with E-state index in [0.717, 1.165) is 22.9 Å². The van der Waals surface area contributed by atoms with E-state index < -0.39 is 0 Å². The number of nitrogens with two attached hydrogens (primary N) is 1. The van der Waals surface area contributed by atoms with Gasteiger partial charge in [0.05, 0.1) is 7.11 Å². The van der Waals surface area contributed by atoms with Crippen LogP contribution in [0.5, 0.6) is 11.5 Å². The maximum absolute atomic E-state index is 9.58. The molecule has 1 aromatic carbocycles. The van der Waals surface area contributed by atoms with Gasteiger partial charge in [0.15, 0.2) is 11.5 Å². The van der Waals surface area contributed by atoms with Crippen LogP contribution in [0.3, 0.4) is 0 Å². The summed E-state index contributed by atoms with van der Waals surface area (Å²) in [5, 5.41) is 10.6. The van der Waals surface area contributed by atoms with Crippen molar-refractivity contribution >= 4 is 23.3 Å². The molecule has 0 bridgehead atoms. The van der Waals surface area contributed by atoms with Gasteiger partial charge < -0.3 is 20.6 Å². The summed E-state index contributed by atoms with van der Waals surface area (Å²) in [6, 6.07) is 3.49. The fourth-order valence-electron chi connectivity index (χ4n) is 1.72. The second kappa shape index (κ2) is 6.37. The molecule has 0 spiro atoms. The second-order valence-electron chi connectivity index (χ2n) is 3.42. The normalized spacial score (nSPS) is 9.53. The number of aromatic hydroxyl groups is 1. The average molecular weight is 259 g/mol. The Bertz CT molecular complexity index is 483. The smallest absolute Gasteiger partial charge is 0.161 e. The first-order valence-electron chi connectivity index (χ1n) is 4.83. The van der Waals surface area contributed by atoms with Crippen molar-refractivity contribution in [1.29, 1.82) is 0 Å². The van der Waals surface area contributed by atoms with Crippen LogP contribution in [0, 0.1) is 0 Å². The van der Waals surface area contributed by atoms with E-state index in [0.29, 0.717) is 12.3 Å². The number of rotatable bonds is 3. The van der Waals surface area contributed by atoms with Crippen molar-refractivity contribution in [2.75, 3.05) is 13.7 Å². The molecule has 0 fully saturated rings. The standard InChI is InChI=1S/C11H14N2O2.CH4.ClH/c1-15-11-4-8-7(2-3-12)6-13-9(8)5-10(11)14;;/h4-6,13-14H,2-3,12H2,1H3;1H4;1H. The van der Waals surface area contributed by atoms with Crippen molar-refractivity contribution in [3.05, 3.63) is 23.9 Å². The third kappa shape index (κ3) is 2.84. The SMILES string of the molecule is C.COc1cc2c(CCN)c[nH]c2cc1O.Cl. The van der Waals surface area contributed by atoms with E-state index >= 15 is 0 Å². The van der Waals surface area contributed by atoms with E-state index in [4.69, 9.17) is 10.5 Å². The summed E-state index contributed by atoms with van der Waals surface area (Å²) in [6.45, 7) is 0.607. The van der Waals surface area contributed by atoms with Crippen LogP contribution in [-0.2, 0) is 6.42 Å². The Morgan fingerprint density at radius 2 is 2.12 bits per heavy atom. The molecule has 0 aliphatic heterocycles. The highest BCUT2D eigenvalue weighted by atomic mass is 35.5. The average Bonchev–Trinajstić information content (AvgIpc) is 2.60. The molecule has 1 heterocycles. The lowest BCUT2D eigenvalue weighted by molar-refractivity contribution is 0.374. The Balaban J connectivity index is 0.00000128. The first kappa shape index (κ1) is 15.6. The molecule has 0 saturated carbocycles. The fourth-order valence-corrected chi connectivity index (χ4v) is 1.72. The van der Waals surface area contributed by atoms with Crippen LogP contribution in [-0.4, -0.2) is 23.7 Å². The van der Waals surface area contributed by atoms with Crippen LogP contribution in [0.15, 0.2) is 18.3 Å². The highest BCUT2D eigenvalue weighted by Gasteiger charge is 2.08. The minimum Gasteiger partial charge on any atom is -0.504 e. The quantitative estimate of drug-likeness (QED) is 0.792. The van der Waals surface area contributed by atoms with Crippen molar-refractivity contribution in [3.63, 3.8) is 0 Å². The summed E-state index contributed by atoms with van der Waals surface area (Å²) in [5.74, 6) is 0.631. The number of fused-ring (bicyclic) bond motifs is 1. The number of hydrogen-bond acceptors (Lipinski definition) is 3. The number of phenolic OH excluding ortho intramolecular Hbond substituents is 1. The second-order valence-corrected chi connectivity index (χ2v) is 3.42. The van der Waals surface area contributed by atoms with Gasteiger partial charge in [-0.25, -0.2) is 0 Å². The van der Waals surface area contributed by atoms with Gasteiger partial charge in [0.25, 0.3) is 0 Å². The molecule has 2 aromatic rings. The number of aromatic amines is 1. The Labute approximate surface area is 107 Å². The minimum atomic E-state index is 0. The molecule has 0 radical (unpaired) electrons. The van der Waals surface area contributed by atoms with Crippen LogP contribution in [0.2, 0.25) is 0 Å². The summed E-state index contributed by atoms with van der Waals surface area (Å²) in [6.07, 6.45) is 2.73. The molecule has 4 nitrogen and oxygen atoms in total. The zero-order chi connectivity index (χ0) is 10.8. The van der Waals surface area contributed by atoms with Gasteiger partial charge in [-0.3, -0.25) is 0 Å². The molecule has 0 aliphatic carbocycles. The van der Waals surface area contributed by atoms with Gasteiger partial charge in [-0.15, -0.1) is 12.4 Å². The lowest BCUT2D eigenvalue weighted by Gasteiger charge is -2.03. The molecule has 2 rings (SSSR count). The molecule has 0 unspecified atom stereocenters. The summed E-state index contributed by atoms with van der Waals surface area (Å²) >= 11 is 0. The van der Waals surface area contributed by atoms with E-state index in [1.165, 1.54) is 7.11 Å². The number of benzene rings is 1.